The van der Waals surface area contributed by atoms with Crippen LogP contribution in [0.2, 0.25) is 0 Å². The molecule has 3 heterocycles. The highest BCUT2D eigenvalue weighted by molar-refractivity contribution is 7.13. The Morgan fingerprint density at radius 1 is 1.56 bits per heavy atom. The van der Waals surface area contributed by atoms with E-state index < -0.39 is 0 Å². The highest BCUT2D eigenvalue weighted by atomic mass is 32.1. The summed E-state index contributed by atoms with van der Waals surface area (Å²) in [6, 6.07) is 4.38. The third-order valence-electron chi connectivity index (χ3n) is 3.05. The van der Waals surface area contributed by atoms with Gasteiger partial charge in [-0.25, -0.2) is 0 Å². The van der Waals surface area contributed by atoms with Crippen LogP contribution in [0.15, 0.2) is 22.0 Å². The van der Waals surface area contributed by atoms with Crippen molar-refractivity contribution >= 4 is 11.3 Å². The van der Waals surface area contributed by atoms with Gasteiger partial charge in [-0.2, -0.15) is 4.98 Å². The second kappa shape index (κ2) is 5.17. The SMILES string of the molecule is CC1COCCN1Cc1nc(-c2cccs2)no1. The Balaban J connectivity index is 1.70. The molecular weight excluding hydrogens is 250 g/mol. The number of aromatic nitrogens is 2. The summed E-state index contributed by atoms with van der Waals surface area (Å²) < 4.78 is 10.7. The van der Waals surface area contributed by atoms with E-state index in [2.05, 4.69) is 22.0 Å². The predicted molar refractivity (Wildman–Crippen MR) is 68.3 cm³/mol. The van der Waals surface area contributed by atoms with E-state index in [4.69, 9.17) is 9.26 Å². The lowest BCUT2D eigenvalue weighted by Gasteiger charge is -2.31. The molecular formula is C12H15N3O2S. The van der Waals surface area contributed by atoms with Crippen LogP contribution in [0, 0.1) is 0 Å². The molecule has 0 amide bonds. The molecule has 2 aromatic heterocycles. The van der Waals surface area contributed by atoms with Crippen molar-refractivity contribution < 1.29 is 9.26 Å². The Kier molecular flexibility index (Phi) is 3.40. The van der Waals surface area contributed by atoms with E-state index in [1.54, 1.807) is 11.3 Å². The highest BCUT2D eigenvalue weighted by Crippen LogP contribution is 2.22. The minimum absolute atomic E-state index is 0.399. The molecule has 18 heavy (non-hydrogen) atoms. The van der Waals surface area contributed by atoms with Gasteiger partial charge in [0.1, 0.15) is 0 Å². The molecule has 0 aliphatic carbocycles. The smallest absolute Gasteiger partial charge is 0.241 e. The Hall–Kier alpha value is -1.24. The largest absolute Gasteiger partial charge is 0.379 e. The molecule has 1 unspecified atom stereocenters. The van der Waals surface area contributed by atoms with Gasteiger partial charge in [-0.15, -0.1) is 11.3 Å². The summed E-state index contributed by atoms with van der Waals surface area (Å²) in [4.78, 5) is 7.77. The van der Waals surface area contributed by atoms with Crippen molar-refractivity contribution in [3.05, 3.63) is 23.4 Å². The first-order chi connectivity index (χ1) is 8.83. The molecule has 96 valence electrons. The maximum atomic E-state index is 5.41. The summed E-state index contributed by atoms with van der Waals surface area (Å²) in [5.74, 6) is 1.35. The molecule has 1 atom stereocenters. The first-order valence-electron chi connectivity index (χ1n) is 6.01. The molecule has 6 heteroatoms. The lowest BCUT2D eigenvalue weighted by atomic mass is 10.2. The zero-order valence-electron chi connectivity index (χ0n) is 10.2. The number of rotatable bonds is 3. The van der Waals surface area contributed by atoms with Crippen LogP contribution in [-0.2, 0) is 11.3 Å². The second-order valence-electron chi connectivity index (χ2n) is 4.38. The molecule has 1 aliphatic heterocycles. The van der Waals surface area contributed by atoms with Crippen LogP contribution in [0.25, 0.3) is 10.7 Å². The van der Waals surface area contributed by atoms with Gasteiger partial charge in [0.15, 0.2) is 0 Å². The number of hydrogen-bond donors (Lipinski definition) is 0. The van der Waals surface area contributed by atoms with Crippen LogP contribution in [0.1, 0.15) is 12.8 Å². The number of morpholine rings is 1. The van der Waals surface area contributed by atoms with Crippen LogP contribution in [0.5, 0.6) is 0 Å². The highest BCUT2D eigenvalue weighted by Gasteiger charge is 2.21. The van der Waals surface area contributed by atoms with E-state index in [-0.39, 0.29) is 0 Å². The van der Waals surface area contributed by atoms with Crippen LogP contribution in [-0.4, -0.2) is 40.8 Å². The normalized spacial score (nSPS) is 21.3. The fourth-order valence-electron chi connectivity index (χ4n) is 2.00. The van der Waals surface area contributed by atoms with E-state index >= 15 is 0 Å². The van der Waals surface area contributed by atoms with Gasteiger partial charge in [-0.3, -0.25) is 4.90 Å². The molecule has 0 N–H and O–H groups in total. The summed E-state index contributed by atoms with van der Waals surface area (Å²) in [7, 11) is 0. The van der Waals surface area contributed by atoms with Crippen molar-refractivity contribution in [2.75, 3.05) is 19.8 Å². The monoisotopic (exact) mass is 265 g/mol. The lowest BCUT2D eigenvalue weighted by molar-refractivity contribution is -0.00852. The Bertz CT molecular complexity index is 497. The van der Waals surface area contributed by atoms with Gasteiger partial charge in [0.25, 0.3) is 0 Å². The quantitative estimate of drug-likeness (QED) is 0.849. The average Bonchev–Trinajstić information content (AvgIpc) is 3.02. The molecule has 3 rings (SSSR count). The maximum Gasteiger partial charge on any atom is 0.241 e. The molecule has 0 spiro atoms. The van der Waals surface area contributed by atoms with Crippen LogP contribution in [0.4, 0.5) is 0 Å². The summed E-state index contributed by atoms with van der Waals surface area (Å²) in [6.45, 7) is 5.30. The molecule has 0 radical (unpaired) electrons. The van der Waals surface area contributed by atoms with E-state index in [1.165, 1.54) is 0 Å². The topological polar surface area (TPSA) is 51.4 Å². The molecule has 0 aromatic carbocycles. The van der Waals surface area contributed by atoms with Gasteiger partial charge in [0.2, 0.25) is 11.7 Å². The summed E-state index contributed by atoms with van der Waals surface area (Å²) >= 11 is 1.62. The molecule has 1 saturated heterocycles. The third-order valence-corrected chi connectivity index (χ3v) is 3.92. The van der Waals surface area contributed by atoms with Gasteiger partial charge in [0.05, 0.1) is 24.6 Å². The van der Waals surface area contributed by atoms with Crippen molar-refractivity contribution in [1.82, 2.24) is 15.0 Å². The Morgan fingerprint density at radius 2 is 2.50 bits per heavy atom. The summed E-state index contributed by atoms with van der Waals surface area (Å²) in [6.07, 6.45) is 0. The minimum Gasteiger partial charge on any atom is -0.379 e. The lowest BCUT2D eigenvalue weighted by Crippen LogP contribution is -2.42. The third kappa shape index (κ3) is 2.45. The predicted octanol–water partition coefficient (Wildman–Crippen LogP) is 2.02. The van der Waals surface area contributed by atoms with Gasteiger partial charge >= 0.3 is 0 Å². The fraction of sp³-hybridized carbons (Fsp3) is 0.500. The van der Waals surface area contributed by atoms with E-state index in [9.17, 15) is 0 Å². The average molecular weight is 265 g/mol. The van der Waals surface area contributed by atoms with Crippen molar-refractivity contribution in [2.45, 2.75) is 19.5 Å². The van der Waals surface area contributed by atoms with Crippen LogP contribution < -0.4 is 0 Å². The number of nitrogens with zero attached hydrogens (tertiary/aromatic N) is 3. The van der Waals surface area contributed by atoms with E-state index in [0.717, 1.165) is 24.6 Å². The molecule has 1 fully saturated rings. The van der Waals surface area contributed by atoms with Crippen molar-refractivity contribution in [3.8, 4) is 10.7 Å². The van der Waals surface area contributed by atoms with Gasteiger partial charge < -0.3 is 9.26 Å². The van der Waals surface area contributed by atoms with Crippen LogP contribution in [0.3, 0.4) is 0 Å². The van der Waals surface area contributed by atoms with E-state index in [0.29, 0.717) is 24.3 Å². The van der Waals surface area contributed by atoms with Crippen LogP contribution >= 0.6 is 11.3 Å². The Labute approximate surface area is 109 Å². The van der Waals surface area contributed by atoms with Gasteiger partial charge in [0, 0.05) is 12.6 Å². The minimum atomic E-state index is 0.399. The van der Waals surface area contributed by atoms with Crippen molar-refractivity contribution in [1.29, 1.82) is 0 Å². The van der Waals surface area contributed by atoms with E-state index in [1.807, 2.05) is 17.5 Å². The fourth-order valence-corrected chi connectivity index (χ4v) is 2.64. The second-order valence-corrected chi connectivity index (χ2v) is 5.33. The Morgan fingerprint density at radius 3 is 3.28 bits per heavy atom. The molecule has 0 bridgehead atoms. The molecule has 5 nitrogen and oxygen atoms in total. The first kappa shape index (κ1) is 11.8. The van der Waals surface area contributed by atoms with Gasteiger partial charge in [-0.1, -0.05) is 11.2 Å². The molecule has 1 aliphatic rings. The standard InChI is InChI=1S/C12H15N3O2S/c1-9-8-16-5-4-15(9)7-11-13-12(14-17-11)10-3-2-6-18-10/h2-3,6,9H,4-5,7-8H2,1H3. The first-order valence-corrected chi connectivity index (χ1v) is 6.89. The summed E-state index contributed by atoms with van der Waals surface area (Å²) in [5, 5.41) is 6.02. The zero-order valence-corrected chi connectivity index (χ0v) is 11.0. The number of ether oxygens (including phenoxy) is 1. The maximum absolute atomic E-state index is 5.41. The molecule has 2 aromatic rings. The zero-order chi connectivity index (χ0) is 12.4. The number of hydrogen-bond acceptors (Lipinski definition) is 6. The molecule has 0 saturated carbocycles. The number of thiophene rings is 1. The van der Waals surface area contributed by atoms with Crippen molar-refractivity contribution in [3.63, 3.8) is 0 Å². The summed E-state index contributed by atoms with van der Waals surface area (Å²) in [5.41, 5.74) is 0. The van der Waals surface area contributed by atoms with Gasteiger partial charge in [-0.05, 0) is 18.4 Å². The van der Waals surface area contributed by atoms with Crippen molar-refractivity contribution in [2.24, 2.45) is 0 Å².